The molecule has 0 aliphatic heterocycles. The lowest BCUT2D eigenvalue weighted by molar-refractivity contribution is 0.262. The maximum atomic E-state index is 6.27. The molecule has 3 nitrogen and oxygen atoms in total. The lowest BCUT2D eigenvalue weighted by Gasteiger charge is -2.25. The van der Waals surface area contributed by atoms with E-state index in [2.05, 4.69) is 23.0 Å². The fraction of sp³-hybridized carbons (Fsp3) is 0.643. The zero-order valence-corrected chi connectivity index (χ0v) is 10.7. The summed E-state index contributed by atoms with van der Waals surface area (Å²) >= 11 is 0. The molecule has 0 spiro atoms. The van der Waals surface area contributed by atoms with Gasteiger partial charge in [-0.05, 0) is 37.9 Å². The van der Waals surface area contributed by atoms with Crippen LogP contribution in [0.15, 0.2) is 24.4 Å². The highest BCUT2D eigenvalue weighted by Gasteiger charge is 2.22. The first-order valence-electron chi connectivity index (χ1n) is 6.60. The van der Waals surface area contributed by atoms with Crippen LogP contribution in [0.4, 0.5) is 0 Å². The molecule has 0 aromatic carbocycles. The molecule has 17 heavy (non-hydrogen) atoms. The van der Waals surface area contributed by atoms with E-state index in [1.165, 1.54) is 25.7 Å². The summed E-state index contributed by atoms with van der Waals surface area (Å²) < 4.78 is 0. The van der Waals surface area contributed by atoms with Gasteiger partial charge in [-0.25, -0.2) is 0 Å². The van der Waals surface area contributed by atoms with Gasteiger partial charge < -0.3 is 5.73 Å². The largest absolute Gasteiger partial charge is 0.326 e. The van der Waals surface area contributed by atoms with Crippen LogP contribution >= 0.6 is 0 Å². The summed E-state index contributed by atoms with van der Waals surface area (Å²) in [6.45, 7) is 1.86. The van der Waals surface area contributed by atoms with Crippen LogP contribution in [-0.4, -0.2) is 29.5 Å². The quantitative estimate of drug-likeness (QED) is 0.846. The average Bonchev–Trinajstić information content (AvgIpc) is 2.83. The third kappa shape index (κ3) is 3.79. The van der Waals surface area contributed by atoms with E-state index in [1.54, 1.807) is 0 Å². The molecular weight excluding hydrogens is 210 g/mol. The Hall–Kier alpha value is -0.930. The molecule has 1 atom stereocenters. The Morgan fingerprint density at radius 2 is 2.18 bits per heavy atom. The van der Waals surface area contributed by atoms with Gasteiger partial charge in [-0.3, -0.25) is 9.88 Å². The van der Waals surface area contributed by atoms with Crippen LogP contribution in [0.3, 0.4) is 0 Å². The van der Waals surface area contributed by atoms with Crippen molar-refractivity contribution in [2.75, 3.05) is 13.6 Å². The molecule has 2 rings (SSSR count). The second-order valence-corrected chi connectivity index (χ2v) is 5.23. The van der Waals surface area contributed by atoms with Gasteiger partial charge in [0, 0.05) is 25.3 Å². The van der Waals surface area contributed by atoms with Gasteiger partial charge in [-0.15, -0.1) is 0 Å². The van der Waals surface area contributed by atoms with Gasteiger partial charge in [-0.1, -0.05) is 18.9 Å². The second kappa shape index (κ2) is 6.12. The van der Waals surface area contributed by atoms with Gasteiger partial charge in [-0.2, -0.15) is 0 Å². The maximum Gasteiger partial charge on any atom is 0.0543 e. The molecule has 3 heteroatoms. The van der Waals surface area contributed by atoms with Crippen LogP contribution in [0.1, 0.15) is 31.4 Å². The van der Waals surface area contributed by atoms with Gasteiger partial charge >= 0.3 is 0 Å². The summed E-state index contributed by atoms with van der Waals surface area (Å²) in [5, 5.41) is 0. The lowest BCUT2D eigenvalue weighted by atomic mass is 9.98. The van der Waals surface area contributed by atoms with E-state index in [0.29, 0.717) is 6.04 Å². The van der Waals surface area contributed by atoms with E-state index in [1.807, 2.05) is 18.3 Å². The summed E-state index contributed by atoms with van der Waals surface area (Å²) in [5.74, 6) is 0.737. The molecule has 0 amide bonds. The van der Waals surface area contributed by atoms with E-state index in [9.17, 15) is 0 Å². The van der Waals surface area contributed by atoms with Crippen molar-refractivity contribution in [1.29, 1.82) is 0 Å². The van der Waals surface area contributed by atoms with Gasteiger partial charge in [0.15, 0.2) is 0 Å². The standard InChI is InChI=1S/C14H23N3/c1-17(10-13-8-4-5-9-16-13)11-14(15)12-6-2-3-7-12/h4-5,8-9,12,14H,2-3,6-7,10-11,15H2,1H3. The van der Waals surface area contributed by atoms with Crippen LogP contribution in [-0.2, 0) is 6.54 Å². The van der Waals surface area contributed by atoms with Crippen molar-refractivity contribution in [3.63, 3.8) is 0 Å². The first kappa shape index (κ1) is 12.5. The van der Waals surface area contributed by atoms with E-state index in [0.717, 1.165) is 24.7 Å². The van der Waals surface area contributed by atoms with E-state index in [4.69, 9.17) is 5.73 Å². The molecular formula is C14H23N3. The molecule has 1 heterocycles. The number of aromatic nitrogens is 1. The smallest absolute Gasteiger partial charge is 0.0543 e. The molecule has 1 aromatic rings. The number of hydrogen-bond donors (Lipinski definition) is 1. The molecule has 1 unspecified atom stereocenters. The molecule has 1 aliphatic carbocycles. The summed E-state index contributed by atoms with van der Waals surface area (Å²) in [6, 6.07) is 6.38. The third-order valence-electron chi connectivity index (χ3n) is 3.69. The van der Waals surface area contributed by atoms with E-state index < -0.39 is 0 Å². The van der Waals surface area contributed by atoms with Crippen molar-refractivity contribution in [1.82, 2.24) is 9.88 Å². The van der Waals surface area contributed by atoms with E-state index in [-0.39, 0.29) is 0 Å². The normalized spacial score (nSPS) is 18.8. The van der Waals surface area contributed by atoms with Gasteiger partial charge in [0.25, 0.3) is 0 Å². The Morgan fingerprint density at radius 1 is 1.41 bits per heavy atom. The Labute approximate surface area is 104 Å². The van der Waals surface area contributed by atoms with Gasteiger partial charge in [0.05, 0.1) is 5.69 Å². The molecule has 1 saturated carbocycles. The highest BCUT2D eigenvalue weighted by Crippen LogP contribution is 2.27. The maximum absolute atomic E-state index is 6.27. The first-order valence-corrected chi connectivity index (χ1v) is 6.60. The fourth-order valence-corrected chi connectivity index (χ4v) is 2.73. The molecule has 0 saturated heterocycles. The molecule has 1 aromatic heterocycles. The second-order valence-electron chi connectivity index (χ2n) is 5.23. The SMILES string of the molecule is CN(Cc1ccccn1)CC(N)C1CCCC1. The van der Waals surface area contributed by atoms with Crippen LogP contribution < -0.4 is 5.73 Å². The molecule has 0 bridgehead atoms. The number of rotatable bonds is 5. The molecule has 2 N–H and O–H groups in total. The first-order chi connectivity index (χ1) is 8.25. The van der Waals surface area contributed by atoms with Crippen molar-refractivity contribution in [2.24, 2.45) is 11.7 Å². The Balaban J connectivity index is 1.78. The van der Waals surface area contributed by atoms with Crippen molar-refractivity contribution < 1.29 is 0 Å². The summed E-state index contributed by atoms with van der Waals surface area (Å²) in [4.78, 5) is 6.62. The molecule has 1 aliphatic rings. The molecule has 94 valence electrons. The average molecular weight is 233 g/mol. The van der Waals surface area contributed by atoms with Crippen LogP contribution in [0.5, 0.6) is 0 Å². The number of hydrogen-bond acceptors (Lipinski definition) is 3. The molecule has 0 radical (unpaired) electrons. The monoisotopic (exact) mass is 233 g/mol. The minimum atomic E-state index is 0.325. The van der Waals surface area contributed by atoms with Crippen LogP contribution in [0.2, 0.25) is 0 Å². The van der Waals surface area contributed by atoms with Gasteiger partial charge in [0.1, 0.15) is 0 Å². The third-order valence-corrected chi connectivity index (χ3v) is 3.69. The Bertz CT molecular complexity index is 319. The topological polar surface area (TPSA) is 42.2 Å². The number of likely N-dealkylation sites (N-methyl/N-ethyl adjacent to an activating group) is 1. The van der Waals surface area contributed by atoms with E-state index >= 15 is 0 Å². The number of nitrogens with two attached hydrogens (primary N) is 1. The van der Waals surface area contributed by atoms with Crippen molar-refractivity contribution in [3.8, 4) is 0 Å². The van der Waals surface area contributed by atoms with Crippen molar-refractivity contribution in [2.45, 2.75) is 38.3 Å². The predicted molar refractivity (Wildman–Crippen MR) is 70.5 cm³/mol. The summed E-state index contributed by atoms with van der Waals surface area (Å²) in [5.41, 5.74) is 7.39. The predicted octanol–water partition coefficient (Wildman–Crippen LogP) is 2.03. The summed E-state index contributed by atoms with van der Waals surface area (Å²) in [6.07, 6.45) is 7.21. The fourth-order valence-electron chi connectivity index (χ4n) is 2.73. The van der Waals surface area contributed by atoms with Gasteiger partial charge in [0.2, 0.25) is 0 Å². The van der Waals surface area contributed by atoms with Crippen LogP contribution in [0, 0.1) is 5.92 Å². The zero-order valence-electron chi connectivity index (χ0n) is 10.7. The highest BCUT2D eigenvalue weighted by atomic mass is 15.1. The Morgan fingerprint density at radius 3 is 2.82 bits per heavy atom. The number of nitrogens with zero attached hydrogens (tertiary/aromatic N) is 2. The minimum Gasteiger partial charge on any atom is -0.326 e. The van der Waals surface area contributed by atoms with Crippen LogP contribution in [0.25, 0.3) is 0 Å². The minimum absolute atomic E-state index is 0.325. The zero-order chi connectivity index (χ0) is 12.1. The van der Waals surface area contributed by atoms with Crippen molar-refractivity contribution in [3.05, 3.63) is 30.1 Å². The number of pyridine rings is 1. The van der Waals surface area contributed by atoms with Crippen molar-refractivity contribution >= 4 is 0 Å². The Kier molecular flexibility index (Phi) is 4.51. The highest BCUT2D eigenvalue weighted by molar-refractivity contribution is 5.03. The lowest BCUT2D eigenvalue weighted by Crippen LogP contribution is -2.39. The molecule has 1 fully saturated rings. The summed E-state index contributed by atoms with van der Waals surface area (Å²) in [7, 11) is 2.13.